The number of fused-ring (bicyclic) bond motifs is 8. The van der Waals surface area contributed by atoms with E-state index in [1.165, 1.54) is 0 Å². The predicted molar refractivity (Wildman–Crippen MR) is 200 cm³/mol. The molecule has 0 aliphatic rings. The molecule has 9 aromatic carbocycles. The fraction of sp³-hybridized carbons (Fsp3) is 0. The molecule has 0 N–H and O–H groups in total. The van der Waals surface area contributed by atoms with E-state index in [2.05, 4.69) is 0 Å². The summed E-state index contributed by atoms with van der Waals surface area (Å²) >= 11 is 0. The zero-order valence-electron chi connectivity index (χ0n) is 44.0. The summed E-state index contributed by atoms with van der Waals surface area (Å²) in [5, 5.41) is -0.374. The van der Waals surface area contributed by atoms with Crippen LogP contribution in [-0.2, 0) is 0 Å². The Labute approximate surface area is 300 Å². The van der Waals surface area contributed by atoms with Crippen LogP contribution in [0.4, 0.5) is 0 Å². The maximum atomic E-state index is 9.89. The van der Waals surface area contributed by atoms with Gasteiger partial charge in [0, 0.05) is 16.2 Å². The summed E-state index contributed by atoms with van der Waals surface area (Å²) in [5.74, 6) is 0. The van der Waals surface area contributed by atoms with Crippen LogP contribution < -0.4 is 0 Å². The van der Waals surface area contributed by atoms with Gasteiger partial charge in [0.25, 0.3) is 0 Å². The van der Waals surface area contributed by atoms with Crippen LogP contribution in [0.3, 0.4) is 0 Å². The monoisotopic (exact) mass is 616 g/mol. The van der Waals surface area contributed by atoms with Gasteiger partial charge in [0.05, 0.1) is 27.4 Å². The average molecular weight is 617 g/mol. The largest absolute Gasteiger partial charge is 0.455 e. The van der Waals surface area contributed by atoms with Crippen LogP contribution in [-0.4, -0.2) is 0 Å². The van der Waals surface area contributed by atoms with Crippen molar-refractivity contribution >= 4 is 65.0 Å². The Morgan fingerprint density at radius 3 is 1.74 bits per heavy atom. The third-order valence-corrected chi connectivity index (χ3v) is 8.31. The summed E-state index contributed by atoms with van der Waals surface area (Å²) < 4.78 is 184. The van der Waals surface area contributed by atoms with E-state index in [-0.39, 0.29) is 76.5 Å². The van der Waals surface area contributed by atoms with Crippen molar-refractivity contribution in [1.29, 1.82) is 0 Å². The van der Waals surface area contributed by atoms with Crippen LogP contribution in [0.5, 0.6) is 0 Å². The molecule has 0 fully saturated rings. The second kappa shape index (κ2) is 10.2. The smallest absolute Gasteiger partial charge is 0.143 e. The molecule has 0 amide bonds. The van der Waals surface area contributed by atoms with E-state index in [4.69, 9.17) is 23.6 Å². The summed E-state index contributed by atoms with van der Waals surface area (Å²) in [6.07, 6.45) is 0. The second-order valence-electron chi connectivity index (χ2n) is 10.9. The van der Waals surface area contributed by atoms with Gasteiger partial charge in [-0.05, 0) is 101 Å². The minimum atomic E-state index is -0.754. The molecule has 0 unspecified atom stereocenters. The van der Waals surface area contributed by atoms with Gasteiger partial charge in [-0.2, -0.15) is 0 Å². The van der Waals surface area contributed by atoms with Crippen molar-refractivity contribution in [3.63, 3.8) is 0 Å². The molecular formula is C46H28O. The van der Waals surface area contributed by atoms with Gasteiger partial charge in [-0.15, -0.1) is 0 Å². The quantitative estimate of drug-likeness (QED) is 0.180. The maximum Gasteiger partial charge on any atom is 0.143 e. The van der Waals surface area contributed by atoms with Gasteiger partial charge in [0.15, 0.2) is 0 Å². The van der Waals surface area contributed by atoms with Gasteiger partial charge in [0.2, 0.25) is 0 Å². The molecule has 0 saturated heterocycles. The SMILES string of the molecule is [2H]c1c([2H])c([2H])c(-c2c([2H])c(-c3c4ccccc4c(-c4c([2H])c([2H])c5c(oc6c7c([2H])c([2H])c([2H])c([2H])c7c([2H])c([2H])c65)c4[2H])c4ccccc34)c3c([2H])c([2H])c([2H])c([2H])c3c2[2H])c([2H])c1[2H]. The zero-order chi connectivity index (χ0) is 48.3. The Kier molecular flexibility index (Phi) is 2.87. The third-order valence-electron chi connectivity index (χ3n) is 8.31. The lowest BCUT2D eigenvalue weighted by atomic mass is 9.83. The van der Waals surface area contributed by atoms with Crippen LogP contribution in [0, 0.1) is 0 Å². The molecule has 10 aromatic rings. The molecule has 1 heteroatoms. The topological polar surface area (TPSA) is 13.1 Å². The number of rotatable bonds is 3. The Bertz CT molecular complexity index is 3900. The van der Waals surface area contributed by atoms with Gasteiger partial charge >= 0.3 is 0 Å². The van der Waals surface area contributed by atoms with Crippen molar-refractivity contribution in [3.8, 4) is 33.4 Å². The molecular weight excluding hydrogens is 569 g/mol. The highest BCUT2D eigenvalue weighted by molar-refractivity contribution is 6.24. The minimum absolute atomic E-state index is 0.140. The zero-order valence-corrected chi connectivity index (χ0v) is 24.0. The Balaban J connectivity index is 1.40. The molecule has 1 heterocycles. The standard InChI is InChI=1S/C46H28O/c1-2-12-29(13-3-1)33-26-31-15-5-6-16-34(31)42(27-33)45-39-20-10-8-18-37(39)44(38-19-9-11-21-40(38)45)32-23-24-36-41-25-22-30-14-4-7-17-35(30)46(41)47-43(36)28-32/h1-28H/i1D,2D,3D,4D,5D,6D,7D,12D,13D,14D,15D,16D,17D,22D,23D,24D,25D,26D,27D,28D. The second-order valence-corrected chi connectivity index (χ2v) is 10.9. The lowest BCUT2D eigenvalue weighted by Gasteiger charge is -2.19. The fourth-order valence-electron chi connectivity index (χ4n) is 6.32. The highest BCUT2D eigenvalue weighted by Crippen LogP contribution is 2.47. The molecule has 0 bridgehead atoms. The summed E-state index contributed by atoms with van der Waals surface area (Å²) in [6, 6.07) is 0.481. The maximum absolute atomic E-state index is 9.89. The molecule has 10 rings (SSSR count). The van der Waals surface area contributed by atoms with E-state index in [0.29, 0.717) is 10.8 Å². The van der Waals surface area contributed by atoms with Crippen molar-refractivity contribution in [2.45, 2.75) is 0 Å². The number of furan rings is 1. The first kappa shape index (κ1) is 13.3. The minimum Gasteiger partial charge on any atom is -0.455 e. The first-order valence-corrected chi connectivity index (χ1v) is 14.6. The Hall–Kier alpha value is -6.18. The van der Waals surface area contributed by atoms with Crippen LogP contribution in [0.15, 0.2) is 174 Å². The van der Waals surface area contributed by atoms with Gasteiger partial charge in [0.1, 0.15) is 11.2 Å². The average Bonchev–Trinajstić information content (AvgIpc) is 3.72. The molecule has 1 nitrogen and oxygen atoms in total. The number of hydrogen-bond donors (Lipinski definition) is 0. The summed E-state index contributed by atoms with van der Waals surface area (Å²) in [6.45, 7) is 0. The number of hydrogen-bond acceptors (Lipinski definition) is 1. The highest BCUT2D eigenvalue weighted by Gasteiger charge is 2.20. The van der Waals surface area contributed by atoms with E-state index in [0.717, 1.165) is 0 Å². The number of benzene rings is 9. The lowest BCUT2D eigenvalue weighted by molar-refractivity contribution is 0.673. The molecule has 1 aromatic heterocycles. The van der Waals surface area contributed by atoms with E-state index in [9.17, 15) is 8.22 Å². The van der Waals surface area contributed by atoms with Gasteiger partial charge in [-0.3, -0.25) is 0 Å². The van der Waals surface area contributed by atoms with Gasteiger partial charge < -0.3 is 4.42 Å². The molecule has 0 aliphatic carbocycles. The van der Waals surface area contributed by atoms with Crippen molar-refractivity contribution in [1.82, 2.24) is 0 Å². The van der Waals surface area contributed by atoms with E-state index in [1.807, 2.05) is 0 Å². The Morgan fingerprint density at radius 1 is 0.383 bits per heavy atom. The van der Waals surface area contributed by atoms with E-state index < -0.39 is 132 Å². The Morgan fingerprint density at radius 2 is 1.00 bits per heavy atom. The summed E-state index contributed by atoms with van der Waals surface area (Å²) in [4.78, 5) is 0. The summed E-state index contributed by atoms with van der Waals surface area (Å²) in [7, 11) is 0. The molecule has 0 radical (unpaired) electrons. The van der Waals surface area contributed by atoms with E-state index >= 15 is 0 Å². The fourth-order valence-corrected chi connectivity index (χ4v) is 6.32. The first-order chi connectivity index (χ1) is 31.7. The van der Waals surface area contributed by atoms with Gasteiger partial charge in [-0.25, -0.2) is 0 Å². The van der Waals surface area contributed by atoms with Gasteiger partial charge in [-0.1, -0.05) is 139 Å². The third kappa shape index (κ3) is 3.97. The van der Waals surface area contributed by atoms with Crippen LogP contribution in [0.2, 0.25) is 0 Å². The van der Waals surface area contributed by atoms with Crippen molar-refractivity contribution < 1.29 is 31.8 Å². The molecule has 0 spiro atoms. The molecule has 0 aliphatic heterocycles. The van der Waals surface area contributed by atoms with Crippen LogP contribution in [0.25, 0.3) is 98.4 Å². The molecule has 218 valence electrons. The first-order valence-electron chi connectivity index (χ1n) is 24.6. The van der Waals surface area contributed by atoms with Crippen molar-refractivity contribution in [2.75, 3.05) is 0 Å². The van der Waals surface area contributed by atoms with Crippen LogP contribution >= 0.6 is 0 Å². The van der Waals surface area contributed by atoms with Crippen LogP contribution in [0.1, 0.15) is 27.4 Å². The lowest BCUT2D eigenvalue weighted by Crippen LogP contribution is -1.92. The molecule has 0 saturated carbocycles. The normalized spacial score (nSPS) is 17.8. The van der Waals surface area contributed by atoms with Crippen molar-refractivity contribution in [2.24, 2.45) is 0 Å². The van der Waals surface area contributed by atoms with Crippen molar-refractivity contribution in [3.05, 3.63) is 169 Å². The summed E-state index contributed by atoms with van der Waals surface area (Å²) in [5.41, 5.74) is -1.53. The highest BCUT2D eigenvalue weighted by atomic mass is 16.3. The molecule has 0 atom stereocenters. The van der Waals surface area contributed by atoms with E-state index in [1.54, 1.807) is 48.5 Å². The molecule has 47 heavy (non-hydrogen) atoms. The predicted octanol–water partition coefficient (Wildman–Crippen LogP) is 13.2.